The summed E-state index contributed by atoms with van der Waals surface area (Å²) in [5.74, 6) is 0. The first-order chi connectivity index (χ1) is 14.9. The van der Waals surface area contributed by atoms with Crippen LogP contribution in [-0.4, -0.2) is 0 Å². The van der Waals surface area contributed by atoms with Gasteiger partial charge in [-0.2, -0.15) is 0 Å². The highest BCUT2D eigenvalue weighted by atomic mass is 14.0. The van der Waals surface area contributed by atoms with Crippen LogP contribution in [0.15, 0.2) is 91.0 Å². The smallest absolute Gasteiger partial charge is 0.00255 e. The van der Waals surface area contributed by atoms with Crippen molar-refractivity contribution in [2.24, 2.45) is 0 Å². The van der Waals surface area contributed by atoms with E-state index in [-0.39, 0.29) is 0 Å². The summed E-state index contributed by atoms with van der Waals surface area (Å²) in [5.41, 5.74) is 12.3. The molecule has 0 heterocycles. The monoisotopic (exact) mass is 406 g/mol. The van der Waals surface area contributed by atoms with Crippen molar-refractivity contribution in [3.63, 3.8) is 0 Å². The zero-order valence-corrected chi connectivity index (χ0v) is 19.6. The molecular formula is C31H34. The van der Waals surface area contributed by atoms with Gasteiger partial charge in [0.15, 0.2) is 0 Å². The van der Waals surface area contributed by atoms with Crippen LogP contribution in [0.3, 0.4) is 0 Å². The second kappa shape index (κ2) is 10.8. The van der Waals surface area contributed by atoms with Crippen LogP contribution in [0.25, 0.3) is 0 Å². The Bertz CT molecular complexity index is 1080. The first-order valence-corrected chi connectivity index (χ1v) is 11.1. The highest BCUT2D eigenvalue weighted by Crippen LogP contribution is 2.15. The van der Waals surface area contributed by atoms with Gasteiger partial charge in [-0.15, -0.1) is 0 Å². The predicted octanol–water partition coefficient (Wildman–Crippen LogP) is 8.10. The van der Waals surface area contributed by atoms with Gasteiger partial charge in [-0.3, -0.25) is 0 Å². The maximum atomic E-state index is 2.27. The van der Waals surface area contributed by atoms with Crippen molar-refractivity contribution in [3.05, 3.63) is 141 Å². The van der Waals surface area contributed by atoms with E-state index in [1.807, 2.05) is 0 Å². The first kappa shape index (κ1) is 22.6. The zero-order chi connectivity index (χ0) is 22.2. The summed E-state index contributed by atoms with van der Waals surface area (Å²) in [4.78, 5) is 0. The normalized spacial score (nSPS) is 10.4. The standard InChI is InChI=1S/C16H18.C15H16/c1-12-5-4-6-15(8-12)11-16-9-13(2)7-14(3)10-16;1-12-8-13(2)10-15(9-12)11-14-6-4-3-5-7-14/h4-10H,11H2,1-3H3;3-10H,11H2,1-2H3. The Kier molecular flexibility index (Phi) is 7.84. The van der Waals surface area contributed by atoms with Gasteiger partial charge in [0.25, 0.3) is 0 Å². The lowest BCUT2D eigenvalue weighted by atomic mass is 10.00. The van der Waals surface area contributed by atoms with Crippen LogP contribution in [0.1, 0.15) is 50.1 Å². The molecule has 31 heavy (non-hydrogen) atoms. The molecule has 0 N–H and O–H groups in total. The molecule has 0 nitrogen and oxygen atoms in total. The molecule has 158 valence electrons. The number of aryl methyl sites for hydroxylation is 5. The van der Waals surface area contributed by atoms with Gasteiger partial charge < -0.3 is 0 Å². The van der Waals surface area contributed by atoms with Crippen LogP contribution in [0.4, 0.5) is 0 Å². The zero-order valence-electron chi connectivity index (χ0n) is 19.6. The average Bonchev–Trinajstić information content (AvgIpc) is 2.68. The largest absolute Gasteiger partial charge is 0.0622 e. The van der Waals surface area contributed by atoms with Crippen molar-refractivity contribution in [2.75, 3.05) is 0 Å². The fourth-order valence-electron chi connectivity index (χ4n) is 4.23. The molecule has 0 bridgehead atoms. The number of hydrogen-bond acceptors (Lipinski definition) is 0. The molecule has 0 aliphatic carbocycles. The molecule has 0 atom stereocenters. The number of benzene rings is 4. The van der Waals surface area contributed by atoms with E-state index in [1.165, 1.54) is 50.1 Å². The molecule has 0 saturated heterocycles. The van der Waals surface area contributed by atoms with Gasteiger partial charge in [0.2, 0.25) is 0 Å². The Labute approximate surface area is 188 Å². The Morgan fingerprint density at radius 3 is 1.26 bits per heavy atom. The second-order valence-corrected chi connectivity index (χ2v) is 8.82. The topological polar surface area (TPSA) is 0 Å². The molecule has 0 unspecified atom stereocenters. The van der Waals surface area contributed by atoms with Gasteiger partial charge in [0.05, 0.1) is 0 Å². The SMILES string of the molecule is Cc1cc(C)cc(Cc2ccccc2)c1.Cc1cccc(Cc2cc(C)cc(C)c2)c1. The fourth-order valence-corrected chi connectivity index (χ4v) is 4.23. The van der Waals surface area contributed by atoms with E-state index in [0.29, 0.717) is 0 Å². The summed E-state index contributed by atoms with van der Waals surface area (Å²) in [7, 11) is 0. The number of rotatable bonds is 4. The summed E-state index contributed by atoms with van der Waals surface area (Å²) in [6.07, 6.45) is 2.06. The minimum Gasteiger partial charge on any atom is -0.0622 e. The van der Waals surface area contributed by atoms with Crippen molar-refractivity contribution in [3.8, 4) is 0 Å². The van der Waals surface area contributed by atoms with Crippen LogP contribution < -0.4 is 0 Å². The third-order valence-electron chi connectivity index (χ3n) is 5.30. The molecule has 0 aliphatic rings. The first-order valence-electron chi connectivity index (χ1n) is 11.1. The molecule has 4 aromatic rings. The Hall–Kier alpha value is -3.12. The van der Waals surface area contributed by atoms with Gasteiger partial charge in [-0.05, 0) is 69.7 Å². The maximum absolute atomic E-state index is 2.27. The van der Waals surface area contributed by atoms with E-state index in [0.717, 1.165) is 12.8 Å². The van der Waals surface area contributed by atoms with Gasteiger partial charge in [-0.1, -0.05) is 119 Å². The molecule has 4 aromatic carbocycles. The molecule has 0 aromatic heterocycles. The van der Waals surface area contributed by atoms with Crippen LogP contribution in [0, 0.1) is 34.6 Å². The third-order valence-corrected chi connectivity index (χ3v) is 5.30. The quantitative estimate of drug-likeness (QED) is 0.321. The molecular weight excluding hydrogens is 372 g/mol. The summed E-state index contributed by atoms with van der Waals surface area (Å²) in [6, 6.07) is 32.9. The lowest BCUT2D eigenvalue weighted by molar-refractivity contribution is 1.16. The van der Waals surface area contributed by atoms with Crippen molar-refractivity contribution in [2.45, 2.75) is 47.5 Å². The summed E-state index contributed by atoms with van der Waals surface area (Å²) in [6.45, 7) is 10.8. The number of hydrogen-bond donors (Lipinski definition) is 0. The van der Waals surface area contributed by atoms with E-state index in [4.69, 9.17) is 0 Å². The Balaban J connectivity index is 0.000000176. The van der Waals surface area contributed by atoms with Crippen molar-refractivity contribution < 1.29 is 0 Å². The van der Waals surface area contributed by atoms with E-state index in [2.05, 4.69) is 126 Å². The second-order valence-electron chi connectivity index (χ2n) is 8.82. The highest BCUT2D eigenvalue weighted by molar-refractivity contribution is 5.34. The summed E-state index contributed by atoms with van der Waals surface area (Å²) in [5, 5.41) is 0. The Morgan fingerprint density at radius 2 is 0.774 bits per heavy atom. The van der Waals surface area contributed by atoms with E-state index in [9.17, 15) is 0 Å². The van der Waals surface area contributed by atoms with E-state index < -0.39 is 0 Å². The molecule has 0 aliphatic heterocycles. The van der Waals surface area contributed by atoms with Gasteiger partial charge >= 0.3 is 0 Å². The lowest BCUT2D eigenvalue weighted by Gasteiger charge is -2.06. The summed E-state index contributed by atoms with van der Waals surface area (Å²) < 4.78 is 0. The minimum absolute atomic E-state index is 1.03. The summed E-state index contributed by atoms with van der Waals surface area (Å²) >= 11 is 0. The van der Waals surface area contributed by atoms with Crippen molar-refractivity contribution >= 4 is 0 Å². The van der Waals surface area contributed by atoms with Crippen molar-refractivity contribution in [1.82, 2.24) is 0 Å². The molecule has 0 fully saturated rings. The highest BCUT2D eigenvalue weighted by Gasteiger charge is 1.99. The molecule has 0 saturated carbocycles. The average molecular weight is 407 g/mol. The van der Waals surface area contributed by atoms with Crippen LogP contribution in [-0.2, 0) is 12.8 Å². The minimum atomic E-state index is 1.03. The molecule has 0 radical (unpaired) electrons. The molecule has 4 rings (SSSR count). The van der Waals surface area contributed by atoms with E-state index >= 15 is 0 Å². The van der Waals surface area contributed by atoms with E-state index in [1.54, 1.807) is 0 Å². The van der Waals surface area contributed by atoms with Crippen LogP contribution >= 0.6 is 0 Å². The third kappa shape index (κ3) is 7.57. The molecule has 0 spiro atoms. The Morgan fingerprint density at radius 1 is 0.355 bits per heavy atom. The molecule has 0 amide bonds. The molecule has 0 heteroatoms. The lowest BCUT2D eigenvalue weighted by Crippen LogP contribution is -1.90. The van der Waals surface area contributed by atoms with Crippen LogP contribution in [0.5, 0.6) is 0 Å². The van der Waals surface area contributed by atoms with Crippen molar-refractivity contribution in [1.29, 1.82) is 0 Å². The van der Waals surface area contributed by atoms with Gasteiger partial charge in [0, 0.05) is 0 Å². The predicted molar refractivity (Wildman–Crippen MR) is 135 cm³/mol. The van der Waals surface area contributed by atoms with Gasteiger partial charge in [0.1, 0.15) is 0 Å². The fraction of sp³-hybridized carbons (Fsp3) is 0.226. The maximum Gasteiger partial charge on any atom is -0.00255 e. The van der Waals surface area contributed by atoms with Gasteiger partial charge in [-0.25, -0.2) is 0 Å². The van der Waals surface area contributed by atoms with Crippen LogP contribution in [0.2, 0.25) is 0 Å².